The molecule has 0 heterocycles. The van der Waals surface area contributed by atoms with Crippen LogP contribution in [0.25, 0.3) is 0 Å². The van der Waals surface area contributed by atoms with Crippen LogP contribution < -0.4 is 5.32 Å². The molecule has 0 aliphatic carbocycles. The Morgan fingerprint density at radius 3 is 2.67 bits per heavy atom. The minimum atomic E-state index is -3.56. The number of nitrogens with one attached hydrogen (secondary N) is 1. The average Bonchev–Trinajstić information content (AvgIpc) is 2.45. The van der Waals surface area contributed by atoms with Gasteiger partial charge in [0.05, 0.1) is 11.5 Å². The fraction of sp³-hybridized carbons (Fsp3) is 0.571. The van der Waals surface area contributed by atoms with Crippen LogP contribution in [0.15, 0.2) is 27.6 Å². The highest BCUT2D eigenvalue weighted by Gasteiger charge is 2.27. The molecule has 0 aliphatic heterocycles. The SMILES string of the molecule is CCNCc1ccc(Br)c(S(=O)(=O)N(C)C(C)COC)c1. The van der Waals surface area contributed by atoms with Gasteiger partial charge in [-0.15, -0.1) is 0 Å². The van der Waals surface area contributed by atoms with Crippen molar-refractivity contribution >= 4 is 26.0 Å². The average molecular weight is 379 g/mol. The Labute approximate surface area is 135 Å². The molecular weight excluding hydrogens is 356 g/mol. The van der Waals surface area contributed by atoms with Gasteiger partial charge in [0, 0.05) is 31.2 Å². The Hall–Kier alpha value is -0.470. The predicted molar refractivity (Wildman–Crippen MR) is 87.8 cm³/mol. The number of nitrogens with zero attached hydrogens (tertiary/aromatic N) is 1. The Balaban J connectivity index is 3.12. The molecule has 0 spiro atoms. The summed E-state index contributed by atoms with van der Waals surface area (Å²) in [4.78, 5) is 0.281. The van der Waals surface area contributed by atoms with Gasteiger partial charge in [0.2, 0.25) is 10.0 Å². The lowest BCUT2D eigenvalue weighted by molar-refractivity contribution is 0.149. The van der Waals surface area contributed by atoms with Gasteiger partial charge in [0.15, 0.2) is 0 Å². The molecule has 1 aromatic rings. The number of hydrogen-bond acceptors (Lipinski definition) is 4. The summed E-state index contributed by atoms with van der Waals surface area (Å²) in [6.07, 6.45) is 0. The molecule has 21 heavy (non-hydrogen) atoms. The van der Waals surface area contributed by atoms with Crippen LogP contribution in [0.2, 0.25) is 0 Å². The van der Waals surface area contributed by atoms with Crippen LogP contribution in [-0.4, -0.2) is 46.1 Å². The number of rotatable bonds is 8. The second-order valence-electron chi connectivity index (χ2n) is 4.87. The molecule has 1 rings (SSSR count). The van der Waals surface area contributed by atoms with Gasteiger partial charge in [-0.05, 0) is 47.1 Å². The summed E-state index contributed by atoms with van der Waals surface area (Å²) in [6.45, 7) is 5.66. The Morgan fingerprint density at radius 2 is 2.10 bits per heavy atom. The minimum absolute atomic E-state index is 0.232. The predicted octanol–water partition coefficient (Wildman–Crippen LogP) is 2.21. The second-order valence-corrected chi connectivity index (χ2v) is 7.69. The van der Waals surface area contributed by atoms with Crippen LogP contribution in [-0.2, 0) is 21.3 Å². The number of halogens is 1. The number of benzene rings is 1. The first-order valence-electron chi connectivity index (χ1n) is 6.80. The van der Waals surface area contributed by atoms with Gasteiger partial charge in [-0.1, -0.05) is 13.0 Å². The van der Waals surface area contributed by atoms with E-state index in [2.05, 4.69) is 21.2 Å². The molecule has 0 saturated carbocycles. The summed E-state index contributed by atoms with van der Waals surface area (Å²) >= 11 is 3.33. The zero-order valence-corrected chi connectivity index (χ0v) is 15.3. The number of hydrogen-bond donors (Lipinski definition) is 1. The van der Waals surface area contributed by atoms with Crippen molar-refractivity contribution in [3.8, 4) is 0 Å². The summed E-state index contributed by atoms with van der Waals surface area (Å²) in [6, 6.07) is 5.15. The molecule has 1 aromatic carbocycles. The topological polar surface area (TPSA) is 58.6 Å². The van der Waals surface area contributed by atoms with Crippen molar-refractivity contribution in [3.63, 3.8) is 0 Å². The molecule has 1 unspecified atom stereocenters. The molecule has 0 bridgehead atoms. The molecule has 0 radical (unpaired) electrons. The molecule has 1 N–H and O–H groups in total. The molecule has 1 atom stereocenters. The molecule has 120 valence electrons. The zero-order valence-electron chi connectivity index (χ0n) is 12.9. The fourth-order valence-corrected chi connectivity index (χ4v) is 4.18. The van der Waals surface area contributed by atoms with Crippen molar-refractivity contribution in [2.24, 2.45) is 0 Å². The van der Waals surface area contributed by atoms with Gasteiger partial charge in [-0.2, -0.15) is 4.31 Å². The van der Waals surface area contributed by atoms with Crippen LogP contribution >= 0.6 is 15.9 Å². The maximum absolute atomic E-state index is 12.7. The van der Waals surface area contributed by atoms with E-state index in [4.69, 9.17) is 4.74 Å². The van der Waals surface area contributed by atoms with Crippen molar-refractivity contribution < 1.29 is 13.2 Å². The van der Waals surface area contributed by atoms with Gasteiger partial charge < -0.3 is 10.1 Å². The minimum Gasteiger partial charge on any atom is -0.383 e. The van der Waals surface area contributed by atoms with E-state index in [0.29, 0.717) is 17.6 Å². The van der Waals surface area contributed by atoms with Crippen LogP contribution in [0.5, 0.6) is 0 Å². The fourth-order valence-electron chi connectivity index (χ4n) is 1.86. The smallest absolute Gasteiger partial charge is 0.244 e. The summed E-state index contributed by atoms with van der Waals surface area (Å²) in [5.41, 5.74) is 0.936. The van der Waals surface area contributed by atoms with Crippen molar-refractivity contribution in [1.82, 2.24) is 9.62 Å². The van der Waals surface area contributed by atoms with Crippen LogP contribution in [0.3, 0.4) is 0 Å². The van der Waals surface area contributed by atoms with Gasteiger partial charge in [-0.3, -0.25) is 0 Å². The summed E-state index contributed by atoms with van der Waals surface area (Å²) in [5, 5.41) is 3.19. The van der Waals surface area contributed by atoms with Crippen molar-refractivity contribution in [2.45, 2.75) is 31.3 Å². The van der Waals surface area contributed by atoms with E-state index in [-0.39, 0.29) is 10.9 Å². The van der Waals surface area contributed by atoms with E-state index in [9.17, 15) is 8.42 Å². The number of likely N-dealkylation sites (N-methyl/N-ethyl adjacent to an activating group) is 1. The first kappa shape index (κ1) is 18.6. The molecule has 0 aromatic heterocycles. The zero-order chi connectivity index (χ0) is 16.0. The van der Waals surface area contributed by atoms with E-state index in [1.54, 1.807) is 26.3 Å². The third kappa shape index (κ3) is 4.75. The van der Waals surface area contributed by atoms with Crippen LogP contribution in [0.4, 0.5) is 0 Å². The molecule has 0 amide bonds. The highest BCUT2D eigenvalue weighted by atomic mass is 79.9. The lowest BCUT2D eigenvalue weighted by atomic mass is 10.2. The highest BCUT2D eigenvalue weighted by molar-refractivity contribution is 9.10. The lowest BCUT2D eigenvalue weighted by Gasteiger charge is -2.24. The molecule has 0 fully saturated rings. The van der Waals surface area contributed by atoms with E-state index < -0.39 is 10.0 Å². The number of methoxy groups -OCH3 is 1. The van der Waals surface area contributed by atoms with E-state index in [1.165, 1.54) is 4.31 Å². The first-order chi connectivity index (χ1) is 9.84. The first-order valence-corrected chi connectivity index (χ1v) is 9.04. The molecular formula is C14H23BrN2O3S. The molecule has 5 nitrogen and oxygen atoms in total. The van der Waals surface area contributed by atoms with Gasteiger partial charge in [0.25, 0.3) is 0 Å². The van der Waals surface area contributed by atoms with E-state index >= 15 is 0 Å². The summed E-state index contributed by atoms with van der Waals surface area (Å²) < 4.78 is 32.4. The molecule has 0 saturated heterocycles. The van der Waals surface area contributed by atoms with Crippen molar-refractivity contribution in [2.75, 3.05) is 27.3 Å². The Kier molecular flexibility index (Phi) is 7.29. The van der Waals surface area contributed by atoms with Crippen LogP contribution in [0, 0.1) is 0 Å². The third-order valence-electron chi connectivity index (χ3n) is 3.26. The van der Waals surface area contributed by atoms with Gasteiger partial charge in [-0.25, -0.2) is 8.42 Å². The Bertz CT molecular complexity index is 563. The van der Waals surface area contributed by atoms with Gasteiger partial charge >= 0.3 is 0 Å². The molecule has 7 heteroatoms. The lowest BCUT2D eigenvalue weighted by Crippen LogP contribution is -2.38. The summed E-state index contributed by atoms with van der Waals surface area (Å²) in [5.74, 6) is 0. The quantitative estimate of drug-likeness (QED) is 0.753. The van der Waals surface area contributed by atoms with Gasteiger partial charge in [0.1, 0.15) is 0 Å². The highest BCUT2D eigenvalue weighted by Crippen LogP contribution is 2.26. The second kappa shape index (κ2) is 8.24. The monoisotopic (exact) mass is 378 g/mol. The largest absolute Gasteiger partial charge is 0.383 e. The maximum atomic E-state index is 12.7. The van der Waals surface area contributed by atoms with Crippen molar-refractivity contribution in [3.05, 3.63) is 28.2 Å². The maximum Gasteiger partial charge on any atom is 0.244 e. The summed E-state index contributed by atoms with van der Waals surface area (Å²) in [7, 11) is -0.429. The normalized spacial score (nSPS) is 13.6. The van der Waals surface area contributed by atoms with E-state index in [0.717, 1.165) is 12.1 Å². The van der Waals surface area contributed by atoms with Crippen LogP contribution in [0.1, 0.15) is 19.4 Å². The number of sulfonamides is 1. The van der Waals surface area contributed by atoms with Crippen molar-refractivity contribution in [1.29, 1.82) is 0 Å². The number of ether oxygens (including phenoxy) is 1. The third-order valence-corrected chi connectivity index (χ3v) is 6.23. The Morgan fingerprint density at radius 1 is 1.43 bits per heavy atom. The molecule has 0 aliphatic rings. The van der Waals surface area contributed by atoms with E-state index in [1.807, 2.05) is 19.9 Å². The standard InChI is InChI=1S/C14H23BrN2O3S/c1-5-16-9-12-6-7-13(15)14(8-12)21(18,19)17(3)11(2)10-20-4/h6-8,11,16H,5,9-10H2,1-4H3.